The fraction of sp³-hybridized carbons (Fsp3) is 0.481. The zero-order valence-corrected chi connectivity index (χ0v) is 21.4. The highest BCUT2D eigenvalue weighted by atomic mass is 16.5. The maximum absolute atomic E-state index is 12.4. The molecule has 36 heavy (non-hydrogen) atoms. The van der Waals surface area contributed by atoms with E-state index in [0.29, 0.717) is 41.6 Å². The van der Waals surface area contributed by atoms with Crippen LogP contribution in [0.3, 0.4) is 0 Å². The largest absolute Gasteiger partial charge is 0.490 e. The number of nitrogens with one attached hydrogen (secondary N) is 1. The van der Waals surface area contributed by atoms with Crippen molar-refractivity contribution in [1.82, 2.24) is 20.1 Å². The van der Waals surface area contributed by atoms with Gasteiger partial charge in [-0.25, -0.2) is 4.98 Å². The van der Waals surface area contributed by atoms with Crippen molar-refractivity contribution in [2.45, 2.75) is 78.0 Å². The third-order valence-electron chi connectivity index (χ3n) is 6.47. The number of amides is 2. The van der Waals surface area contributed by atoms with E-state index in [9.17, 15) is 9.59 Å². The molecule has 1 aromatic carbocycles. The first-order chi connectivity index (χ1) is 17.3. The average Bonchev–Trinajstić information content (AvgIpc) is 3.49. The molecule has 4 rings (SSSR count). The SMILES string of the molecule is CCCC(CC)n1cc(-c2cnc(OCC3CCC(=O)N3)c3cc(OC(C)C)c(C(N)=O)cc23)cn1. The first kappa shape index (κ1) is 25.5. The van der Waals surface area contributed by atoms with E-state index in [1.807, 2.05) is 30.9 Å². The molecule has 2 unspecified atom stereocenters. The Morgan fingerprint density at radius 3 is 2.69 bits per heavy atom. The maximum Gasteiger partial charge on any atom is 0.252 e. The summed E-state index contributed by atoms with van der Waals surface area (Å²) in [4.78, 5) is 28.6. The monoisotopic (exact) mass is 493 g/mol. The number of primary amides is 1. The molecule has 0 saturated carbocycles. The summed E-state index contributed by atoms with van der Waals surface area (Å²) in [6, 6.07) is 3.77. The van der Waals surface area contributed by atoms with Crippen molar-refractivity contribution in [2.24, 2.45) is 5.73 Å². The topological polar surface area (TPSA) is 121 Å². The molecule has 3 aromatic rings. The minimum atomic E-state index is -0.573. The van der Waals surface area contributed by atoms with Gasteiger partial charge in [0.15, 0.2) is 0 Å². The number of benzene rings is 1. The number of rotatable bonds is 11. The molecule has 2 amide bonds. The molecule has 1 aliphatic rings. The number of fused-ring (bicyclic) bond motifs is 1. The Labute approximate surface area is 211 Å². The highest BCUT2D eigenvalue weighted by Crippen LogP contribution is 2.38. The quantitative estimate of drug-likeness (QED) is 0.409. The molecule has 1 fully saturated rings. The first-order valence-electron chi connectivity index (χ1n) is 12.7. The molecule has 3 N–H and O–H groups in total. The summed E-state index contributed by atoms with van der Waals surface area (Å²) < 4.78 is 14.0. The van der Waals surface area contributed by atoms with Crippen LogP contribution in [0.15, 0.2) is 30.7 Å². The van der Waals surface area contributed by atoms with Crippen LogP contribution in [0, 0.1) is 0 Å². The average molecular weight is 494 g/mol. The van der Waals surface area contributed by atoms with E-state index in [2.05, 4.69) is 29.2 Å². The van der Waals surface area contributed by atoms with Gasteiger partial charge in [0.25, 0.3) is 5.91 Å². The van der Waals surface area contributed by atoms with Crippen molar-refractivity contribution in [3.8, 4) is 22.8 Å². The molecule has 3 heterocycles. The van der Waals surface area contributed by atoms with Crippen molar-refractivity contribution >= 4 is 22.6 Å². The molecule has 2 atom stereocenters. The Balaban J connectivity index is 1.80. The lowest BCUT2D eigenvalue weighted by Crippen LogP contribution is -2.31. The van der Waals surface area contributed by atoms with E-state index in [1.54, 1.807) is 18.3 Å². The summed E-state index contributed by atoms with van der Waals surface area (Å²) in [7, 11) is 0. The summed E-state index contributed by atoms with van der Waals surface area (Å²) in [5.74, 6) is 0.245. The zero-order valence-electron chi connectivity index (χ0n) is 21.4. The second-order valence-corrected chi connectivity index (χ2v) is 9.58. The Morgan fingerprint density at radius 1 is 1.25 bits per heavy atom. The molecule has 2 aromatic heterocycles. The molecule has 0 spiro atoms. The summed E-state index contributed by atoms with van der Waals surface area (Å²) in [6.45, 7) is 8.41. The molecule has 9 heteroatoms. The van der Waals surface area contributed by atoms with Crippen LogP contribution in [-0.4, -0.2) is 45.3 Å². The summed E-state index contributed by atoms with van der Waals surface area (Å²) in [5, 5.41) is 9.00. The van der Waals surface area contributed by atoms with Crippen molar-refractivity contribution in [3.63, 3.8) is 0 Å². The molecule has 9 nitrogen and oxygen atoms in total. The molecule has 0 radical (unpaired) electrons. The predicted octanol–water partition coefficient (Wildman–Crippen LogP) is 4.39. The summed E-state index contributed by atoms with van der Waals surface area (Å²) in [6.07, 6.45) is 9.76. The second-order valence-electron chi connectivity index (χ2n) is 9.58. The number of carbonyl (C=O) groups is 2. The van der Waals surface area contributed by atoms with Crippen LogP contribution in [0.25, 0.3) is 21.9 Å². The summed E-state index contributed by atoms with van der Waals surface area (Å²) in [5.41, 5.74) is 7.74. The first-order valence-corrected chi connectivity index (χ1v) is 12.7. The van der Waals surface area contributed by atoms with Crippen LogP contribution in [0.5, 0.6) is 11.6 Å². The zero-order chi connectivity index (χ0) is 25.8. The molecule has 1 saturated heterocycles. The van der Waals surface area contributed by atoms with Crippen LogP contribution in [0.2, 0.25) is 0 Å². The number of nitrogens with zero attached hydrogens (tertiary/aromatic N) is 3. The van der Waals surface area contributed by atoms with Crippen LogP contribution < -0.4 is 20.5 Å². The van der Waals surface area contributed by atoms with Crippen molar-refractivity contribution in [1.29, 1.82) is 0 Å². The lowest BCUT2D eigenvalue weighted by atomic mass is 9.99. The van der Waals surface area contributed by atoms with Gasteiger partial charge in [-0.1, -0.05) is 20.3 Å². The van der Waals surface area contributed by atoms with Crippen LogP contribution in [-0.2, 0) is 4.79 Å². The van der Waals surface area contributed by atoms with Gasteiger partial charge < -0.3 is 20.5 Å². The number of aromatic nitrogens is 3. The van der Waals surface area contributed by atoms with E-state index in [-0.39, 0.29) is 18.1 Å². The van der Waals surface area contributed by atoms with Crippen molar-refractivity contribution < 1.29 is 19.1 Å². The lowest BCUT2D eigenvalue weighted by Gasteiger charge is -2.18. The van der Waals surface area contributed by atoms with E-state index in [4.69, 9.17) is 15.2 Å². The molecule has 1 aliphatic heterocycles. The minimum absolute atomic E-state index is 0.0287. The van der Waals surface area contributed by atoms with Gasteiger partial charge in [0.2, 0.25) is 11.8 Å². The normalized spacial score (nSPS) is 16.4. The van der Waals surface area contributed by atoms with Gasteiger partial charge in [0.05, 0.1) is 29.9 Å². The van der Waals surface area contributed by atoms with Crippen LogP contribution in [0.1, 0.15) is 76.2 Å². The lowest BCUT2D eigenvalue weighted by molar-refractivity contribution is -0.119. The fourth-order valence-corrected chi connectivity index (χ4v) is 4.65. The van der Waals surface area contributed by atoms with Crippen molar-refractivity contribution in [3.05, 3.63) is 36.3 Å². The minimum Gasteiger partial charge on any atom is -0.490 e. The Hall–Kier alpha value is -3.62. The number of hydrogen-bond acceptors (Lipinski definition) is 6. The molecular weight excluding hydrogens is 458 g/mol. The van der Waals surface area contributed by atoms with Crippen molar-refractivity contribution in [2.75, 3.05) is 6.61 Å². The number of carbonyl (C=O) groups excluding carboxylic acids is 2. The van der Waals surface area contributed by atoms with Crippen LogP contribution >= 0.6 is 0 Å². The Morgan fingerprint density at radius 2 is 2.06 bits per heavy atom. The van der Waals surface area contributed by atoms with Gasteiger partial charge in [-0.05, 0) is 50.6 Å². The highest BCUT2D eigenvalue weighted by Gasteiger charge is 2.23. The van der Waals surface area contributed by atoms with E-state index in [1.165, 1.54) is 0 Å². The molecule has 192 valence electrons. The van der Waals surface area contributed by atoms with E-state index < -0.39 is 5.91 Å². The molecule has 0 bridgehead atoms. The number of pyridine rings is 1. The number of hydrogen-bond donors (Lipinski definition) is 2. The number of ether oxygens (including phenoxy) is 2. The van der Waals surface area contributed by atoms with E-state index in [0.717, 1.165) is 42.2 Å². The summed E-state index contributed by atoms with van der Waals surface area (Å²) >= 11 is 0. The standard InChI is InChI=1S/C27H35N5O4/c1-5-7-19(6-2)32-14-17(12-30-32)23-13-29-27(35-15-18-8-9-25(33)31-18)21-11-24(36-16(3)4)22(26(28)34)10-20(21)23/h10-14,16,18-19H,5-9,15H2,1-4H3,(H2,28,34)(H,31,33). The Bertz CT molecular complexity index is 1250. The smallest absolute Gasteiger partial charge is 0.252 e. The third-order valence-corrected chi connectivity index (χ3v) is 6.47. The van der Waals surface area contributed by atoms with Gasteiger partial charge in [0, 0.05) is 35.3 Å². The number of nitrogens with two attached hydrogens (primary N) is 1. The fourth-order valence-electron chi connectivity index (χ4n) is 4.65. The van der Waals surface area contributed by atoms with Crippen LogP contribution in [0.4, 0.5) is 0 Å². The third kappa shape index (κ3) is 5.45. The van der Waals surface area contributed by atoms with Gasteiger partial charge in [-0.2, -0.15) is 5.10 Å². The van der Waals surface area contributed by atoms with Gasteiger partial charge in [-0.15, -0.1) is 0 Å². The molecule has 0 aliphatic carbocycles. The van der Waals surface area contributed by atoms with Gasteiger partial charge in [0.1, 0.15) is 12.4 Å². The predicted molar refractivity (Wildman–Crippen MR) is 138 cm³/mol. The maximum atomic E-state index is 12.4. The van der Waals surface area contributed by atoms with Gasteiger partial charge >= 0.3 is 0 Å². The van der Waals surface area contributed by atoms with Gasteiger partial charge in [-0.3, -0.25) is 14.3 Å². The van der Waals surface area contributed by atoms with E-state index >= 15 is 0 Å². The second kappa shape index (κ2) is 11.0. The Kier molecular flexibility index (Phi) is 7.76. The molecular formula is C27H35N5O4. The highest BCUT2D eigenvalue weighted by molar-refractivity contribution is 6.06.